The second kappa shape index (κ2) is 5.61. The lowest BCUT2D eigenvalue weighted by Gasteiger charge is -2.35. The minimum atomic E-state index is -0.534. The Morgan fingerprint density at radius 2 is 1.71 bits per heavy atom. The number of hydrogen-bond acceptors (Lipinski definition) is 2. The molecule has 17 heavy (non-hydrogen) atoms. The average Bonchev–Trinajstić information content (AvgIpc) is 2.39. The number of rotatable bonds is 3. The Labute approximate surface area is 102 Å². The molecule has 0 spiro atoms. The van der Waals surface area contributed by atoms with Crippen molar-refractivity contribution in [3.8, 4) is 0 Å². The van der Waals surface area contributed by atoms with Gasteiger partial charge in [-0.2, -0.15) is 0 Å². The van der Waals surface area contributed by atoms with E-state index in [-0.39, 0.29) is 11.9 Å². The van der Waals surface area contributed by atoms with Gasteiger partial charge >= 0.3 is 0 Å². The van der Waals surface area contributed by atoms with E-state index in [4.69, 9.17) is 0 Å². The molecule has 0 radical (unpaired) electrons. The molecule has 1 N–H and O–H groups in total. The normalized spacial score (nSPS) is 21.1. The Morgan fingerprint density at radius 3 is 2.29 bits per heavy atom. The van der Waals surface area contributed by atoms with E-state index < -0.39 is 6.10 Å². The summed E-state index contributed by atoms with van der Waals surface area (Å²) in [6.07, 6.45) is 3.17. The minimum Gasteiger partial charge on any atom is -0.387 e. The monoisotopic (exact) mass is 237 g/mol. The predicted octanol–water partition coefficient (Wildman–Crippen LogP) is 2.73. The van der Waals surface area contributed by atoms with Gasteiger partial charge in [-0.25, -0.2) is 4.39 Å². The third kappa shape index (κ3) is 3.05. The average molecular weight is 237 g/mol. The van der Waals surface area contributed by atoms with Crippen molar-refractivity contribution in [2.24, 2.45) is 0 Å². The van der Waals surface area contributed by atoms with Crippen molar-refractivity contribution in [1.29, 1.82) is 0 Å². The first kappa shape index (κ1) is 12.5. The van der Waals surface area contributed by atoms with E-state index in [1.54, 1.807) is 12.1 Å². The molecule has 0 amide bonds. The molecule has 1 aliphatic rings. The van der Waals surface area contributed by atoms with Crippen molar-refractivity contribution in [3.63, 3.8) is 0 Å². The van der Waals surface area contributed by atoms with Crippen LogP contribution in [0, 0.1) is 5.82 Å². The van der Waals surface area contributed by atoms with Crippen molar-refractivity contribution in [3.05, 3.63) is 35.6 Å². The predicted molar refractivity (Wildman–Crippen MR) is 66.2 cm³/mol. The van der Waals surface area contributed by atoms with Gasteiger partial charge in [-0.15, -0.1) is 0 Å². The van der Waals surface area contributed by atoms with Crippen LogP contribution in [-0.2, 0) is 0 Å². The molecule has 1 fully saturated rings. The molecule has 2 rings (SSSR count). The molecule has 3 heteroatoms. The zero-order valence-electron chi connectivity index (χ0n) is 10.3. The topological polar surface area (TPSA) is 23.5 Å². The summed E-state index contributed by atoms with van der Waals surface area (Å²) in [5.41, 5.74) is 0.796. The van der Waals surface area contributed by atoms with Crippen LogP contribution in [0.1, 0.15) is 37.9 Å². The molecular formula is C14H20FNO. The van der Waals surface area contributed by atoms with Gasteiger partial charge in [-0.05, 0) is 50.6 Å². The van der Waals surface area contributed by atoms with E-state index in [1.165, 1.54) is 31.4 Å². The highest BCUT2D eigenvalue weighted by Crippen LogP contribution is 2.23. The highest BCUT2D eigenvalue weighted by Gasteiger charge is 2.24. The maximum Gasteiger partial charge on any atom is 0.123 e. The summed E-state index contributed by atoms with van der Waals surface area (Å²) >= 11 is 0. The van der Waals surface area contributed by atoms with Crippen LogP contribution in [0.4, 0.5) is 4.39 Å². The second-order valence-electron chi connectivity index (χ2n) is 4.83. The van der Waals surface area contributed by atoms with Gasteiger partial charge in [-0.3, -0.25) is 4.90 Å². The zero-order valence-corrected chi connectivity index (χ0v) is 10.3. The first-order chi connectivity index (χ1) is 8.18. The fraction of sp³-hybridized carbons (Fsp3) is 0.571. The van der Waals surface area contributed by atoms with Crippen molar-refractivity contribution >= 4 is 0 Å². The number of piperidine rings is 1. The summed E-state index contributed by atoms with van der Waals surface area (Å²) in [7, 11) is 0. The van der Waals surface area contributed by atoms with Gasteiger partial charge in [0.05, 0.1) is 6.10 Å². The first-order valence-corrected chi connectivity index (χ1v) is 6.36. The Hall–Kier alpha value is -0.930. The zero-order chi connectivity index (χ0) is 12.3. The van der Waals surface area contributed by atoms with E-state index in [0.29, 0.717) is 0 Å². The summed E-state index contributed by atoms with van der Waals surface area (Å²) < 4.78 is 12.8. The molecule has 0 aliphatic carbocycles. The van der Waals surface area contributed by atoms with Crippen LogP contribution < -0.4 is 0 Å². The largest absolute Gasteiger partial charge is 0.387 e. The van der Waals surface area contributed by atoms with Gasteiger partial charge < -0.3 is 5.11 Å². The number of benzene rings is 1. The summed E-state index contributed by atoms with van der Waals surface area (Å²) in [6.45, 7) is 4.15. The van der Waals surface area contributed by atoms with Crippen LogP contribution in [0.5, 0.6) is 0 Å². The highest BCUT2D eigenvalue weighted by molar-refractivity contribution is 5.19. The number of nitrogens with zero attached hydrogens (tertiary/aromatic N) is 1. The second-order valence-corrected chi connectivity index (χ2v) is 4.83. The Bertz CT molecular complexity index is 346. The molecule has 2 atom stereocenters. The number of halogens is 1. The van der Waals surface area contributed by atoms with Gasteiger partial charge in [0.25, 0.3) is 0 Å². The summed E-state index contributed by atoms with van der Waals surface area (Å²) in [6, 6.07) is 6.24. The Morgan fingerprint density at radius 1 is 1.12 bits per heavy atom. The first-order valence-electron chi connectivity index (χ1n) is 6.36. The van der Waals surface area contributed by atoms with E-state index in [0.717, 1.165) is 18.7 Å². The fourth-order valence-corrected chi connectivity index (χ4v) is 2.46. The molecule has 1 aromatic rings. The summed E-state index contributed by atoms with van der Waals surface area (Å²) in [5.74, 6) is -0.258. The van der Waals surface area contributed by atoms with Crippen LogP contribution in [0.3, 0.4) is 0 Å². The smallest absolute Gasteiger partial charge is 0.123 e. The third-order valence-corrected chi connectivity index (χ3v) is 3.64. The number of hydrogen-bond donors (Lipinski definition) is 1. The molecule has 0 bridgehead atoms. The van der Waals surface area contributed by atoms with Gasteiger partial charge in [0.15, 0.2) is 0 Å². The summed E-state index contributed by atoms with van der Waals surface area (Å²) in [4.78, 5) is 2.32. The SMILES string of the molecule is C[C@H]([C@H](O)c1ccc(F)cc1)N1CCCCC1. The number of aliphatic hydroxyl groups is 1. The number of aliphatic hydroxyl groups excluding tert-OH is 1. The fourth-order valence-electron chi connectivity index (χ4n) is 2.46. The van der Waals surface area contributed by atoms with Crippen LogP contribution in [0.25, 0.3) is 0 Å². The van der Waals surface area contributed by atoms with Crippen molar-refractivity contribution in [2.75, 3.05) is 13.1 Å². The quantitative estimate of drug-likeness (QED) is 0.873. The minimum absolute atomic E-state index is 0.0979. The van der Waals surface area contributed by atoms with Gasteiger partial charge in [-0.1, -0.05) is 18.6 Å². The molecule has 94 valence electrons. The molecular weight excluding hydrogens is 217 g/mol. The molecule has 0 saturated carbocycles. The summed E-state index contributed by atoms with van der Waals surface area (Å²) in [5, 5.41) is 10.3. The standard InChI is InChI=1S/C14H20FNO/c1-11(16-9-3-2-4-10-16)14(17)12-5-7-13(15)8-6-12/h5-8,11,14,17H,2-4,9-10H2,1H3/t11-,14+/m1/s1. The van der Waals surface area contributed by atoms with Crippen LogP contribution in [0.2, 0.25) is 0 Å². The maximum absolute atomic E-state index is 12.8. The Kier molecular flexibility index (Phi) is 4.13. The van der Waals surface area contributed by atoms with Gasteiger partial charge in [0.1, 0.15) is 5.82 Å². The van der Waals surface area contributed by atoms with Crippen molar-refractivity contribution in [1.82, 2.24) is 4.90 Å². The van der Waals surface area contributed by atoms with Crippen LogP contribution in [0.15, 0.2) is 24.3 Å². The number of likely N-dealkylation sites (tertiary alicyclic amines) is 1. The molecule has 1 aromatic carbocycles. The van der Waals surface area contributed by atoms with Crippen molar-refractivity contribution < 1.29 is 9.50 Å². The lowest BCUT2D eigenvalue weighted by Crippen LogP contribution is -2.40. The van der Waals surface area contributed by atoms with Crippen molar-refractivity contribution in [2.45, 2.75) is 38.3 Å². The molecule has 1 aliphatic heterocycles. The molecule has 1 heterocycles. The van der Waals surface area contributed by atoms with Gasteiger partial charge in [0, 0.05) is 6.04 Å². The lowest BCUT2D eigenvalue weighted by molar-refractivity contribution is 0.0470. The van der Waals surface area contributed by atoms with E-state index in [1.807, 2.05) is 6.92 Å². The van der Waals surface area contributed by atoms with E-state index in [9.17, 15) is 9.50 Å². The van der Waals surface area contributed by atoms with Crippen LogP contribution in [-0.4, -0.2) is 29.1 Å². The molecule has 1 saturated heterocycles. The molecule has 2 nitrogen and oxygen atoms in total. The van der Waals surface area contributed by atoms with Gasteiger partial charge in [0.2, 0.25) is 0 Å². The van der Waals surface area contributed by atoms with E-state index in [2.05, 4.69) is 4.90 Å². The Balaban J connectivity index is 2.02. The van der Waals surface area contributed by atoms with E-state index >= 15 is 0 Å². The maximum atomic E-state index is 12.8. The lowest BCUT2D eigenvalue weighted by atomic mass is 10.00. The third-order valence-electron chi connectivity index (χ3n) is 3.64. The molecule has 0 unspecified atom stereocenters. The van der Waals surface area contributed by atoms with Crippen LogP contribution >= 0.6 is 0 Å². The molecule has 0 aromatic heterocycles. The highest BCUT2D eigenvalue weighted by atomic mass is 19.1.